The van der Waals surface area contributed by atoms with Gasteiger partial charge in [0.1, 0.15) is 5.82 Å². The molecule has 0 aliphatic rings. The van der Waals surface area contributed by atoms with Gasteiger partial charge in [0, 0.05) is 38.8 Å². The Bertz CT molecular complexity index is 2100. The van der Waals surface area contributed by atoms with Crippen LogP contribution in [0.4, 0.5) is 0 Å². The van der Waals surface area contributed by atoms with Gasteiger partial charge in [-0.3, -0.25) is 4.57 Å². The summed E-state index contributed by atoms with van der Waals surface area (Å²) in [4.78, 5) is 5.07. The molecule has 0 saturated carbocycles. The van der Waals surface area contributed by atoms with Gasteiger partial charge >= 0.3 is 0 Å². The van der Waals surface area contributed by atoms with Crippen molar-refractivity contribution in [1.82, 2.24) is 14.1 Å². The van der Waals surface area contributed by atoms with E-state index in [1.165, 1.54) is 38.0 Å². The van der Waals surface area contributed by atoms with E-state index in [2.05, 4.69) is 131 Å². The van der Waals surface area contributed by atoms with Crippen LogP contribution in [-0.4, -0.2) is 14.1 Å². The summed E-state index contributed by atoms with van der Waals surface area (Å²) in [5, 5.41) is 7.39. The first-order valence-electron chi connectivity index (χ1n) is 12.2. The minimum atomic E-state index is 0.935. The Balaban J connectivity index is 1.56. The van der Waals surface area contributed by atoms with Crippen LogP contribution >= 0.6 is 0 Å². The van der Waals surface area contributed by atoms with Crippen LogP contribution in [0, 0.1) is 0 Å². The molecule has 8 rings (SSSR count). The van der Waals surface area contributed by atoms with Crippen molar-refractivity contribution in [2.75, 3.05) is 0 Å². The molecule has 0 saturated heterocycles. The largest absolute Gasteiger partial charge is 0.316 e. The number of rotatable bonds is 2. The zero-order valence-electron chi connectivity index (χ0n) is 19.5. The highest BCUT2D eigenvalue weighted by Crippen LogP contribution is 2.40. The van der Waals surface area contributed by atoms with Crippen molar-refractivity contribution in [3.8, 4) is 11.5 Å². The SMILES string of the molecule is c1ccc(-n2ccc3ccc4ccc5c(c6ccccc6n5-c5ccc6ccccc6n5)c4c32)cc1. The van der Waals surface area contributed by atoms with Crippen LogP contribution in [0.3, 0.4) is 0 Å². The second-order valence-corrected chi connectivity index (χ2v) is 9.30. The van der Waals surface area contributed by atoms with Gasteiger partial charge in [0.25, 0.3) is 0 Å². The Kier molecular flexibility index (Phi) is 3.94. The van der Waals surface area contributed by atoms with E-state index in [0.29, 0.717) is 0 Å². The fraction of sp³-hybridized carbons (Fsp3) is 0. The molecule has 0 radical (unpaired) electrons. The monoisotopic (exact) mass is 459 g/mol. The fourth-order valence-corrected chi connectivity index (χ4v) is 5.73. The van der Waals surface area contributed by atoms with Crippen molar-refractivity contribution >= 4 is 54.4 Å². The third kappa shape index (κ3) is 2.65. The maximum atomic E-state index is 5.07. The van der Waals surface area contributed by atoms with Crippen molar-refractivity contribution in [2.24, 2.45) is 0 Å². The number of fused-ring (bicyclic) bond motifs is 8. The Hall–Kier alpha value is -4.89. The molecule has 3 aromatic heterocycles. The normalized spacial score (nSPS) is 11.9. The smallest absolute Gasteiger partial charge is 0.138 e. The Morgan fingerprint density at radius 2 is 1.25 bits per heavy atom. The topological polar surface area (TPSA) is 22.8 Å². The number of pyridine rings is 1. The summed E-state index contributed by atoms with van der Waals surface area (Å²) in [6.45, 7) is 0. The second kappa shape index (κ2) is 7.30. The molecule has 3 heterocycles. The van der Waals surface area contributed by atoms with E-state index in [1.54, 1.807) is 0 Å². The van der Waals surface area contributed by atoms with E-state index in [9.17, 15) is 0 Å². The molecule has 0 atom stereocenters. The predicted molar refractivity (Wildman–Crippen MR) is 150 cm³/mol. The molecule has 3 heteroatoms. The average Bonchev–Trinajstić information content (AvgIpc) is 3.53. The van der Waals surface area contributed by atoms with E-state index < -0.39 is 0 Å². The molecule has 5 aromatic carbocycles. The first-order valence-corrected chi connectivity index (χ1v) is 12.2. The highest BCUT2D eigenvalue weighted by atomic mass is 15.1. The Morgan fingerprint density at radius 3 is 2.19 bits per heavy atom. The zero-order chi connectivity index (χ0) is 23.6. The molecule has 3 nitrogen and oxygen atoms in total. The molecule has 0 fully saturated rings. The summed E-state index contributed by atoms with van der Waals surface area (Å²) in [7, 11) is 0. The van der Waals surface area contributed by atoms with Crippen LogP contribution in [0.25, 0.3) is 65.9 Å². The number of aromatic nitrogens is 3. The highest BCUT2D eigenvalue weighted by Gasteiger charge is 2.18. The standard InChI is InChI=1S/C33H21N3/c1-2-9-25(10-3-1)35-21-20-24-15-14-23-16-18-29-32(31(23)33(24)35)26-11-5-7-13-28(26)36(29)30-19-17-22-8-4-6-12-27(22)34-30/h1-21H. The highest BCUT2D eigenvalue weighted by molar-refractivity contribution is 6.27. The average molecular weight is 460 g/mol. The molecule has 8 aromatic rings. The minimum absolute atomic E-state index is 0.935. The lowest BCUT2D eigenvalue weighted by atomic mass is 10.0. The third-order valence-electron chi connectivity index (χ3n) is 7.31. The summed E-state index contributed by atoms with van der Waals surface area (Å²) in [6.07, 6.45) is 2.18. The predicted octanol–water partition coefficient (Wildman–Crippen LogP) is 8.43. The van der Waals surface area contributed by atoms with E-state index in [1.807, 2.05) is 6.07 Å². The fourth-order valence-electron chi connectivity index (χ4n) is 5.73. The van der Waals surface area contributed by atoms with Gasteiger partial charge in [-0.05, 0) is 53.9 Å². The first-order chi connectivity index (χ1) is 17.9. The zero-order valence-corrected chi connectivity index (χ0v) is 19.5. The number of nitrogens with zero attached hydrogens (tertiary/aromatic N) is 3. The Labute approximate surface area is 207 Å². The number of para-hydroxylation sites is 3. The summed E-state index contributed by atoms with van der Waals surface area (Å²) in [6, 6.07) is 43.1. The molecule has 168 valence electrons. The van der Waals surface area contributed by atoms with E-state index in [4.69, 9.17) is 4.98 Å². The maximum absolute atomic E-state index is 5.07. The van der Waals surface area contributed by atoms with Crippen LogP contribution in [0.15, 0.2) is 128 Å². The Morgan fingerprint density at radius 1 is 0.500 bits per heavy atom. The van der Waals surface area contributed by atoms with Gasteiger partial charge in [-0.25, -0.2) is 4.98 Å². The van der Waals surface area contributed by atoms with Crippen LogP contribution in [0.1, 0.15) is 0 Å². The molecule has 36 heavy (non-hydrogen) atoms. The van der Waals surface area contributed by atoms with Crippen molar-refractivity contribution in [1.29, 1.82) is 0 Å². The molecule has 0 aliphatic heterocycles. The van der Waals surface area contributed by atoms with Crippen LogP contribution < -0.4 is 0 Å². The third-order valence-corrected chi connectivity index (χ3v) is 7.31. The van der Waals surface area contributed by atoms with Gasteiger partial charge in [0.15, 0.2) is 0 Å². The first kappa shape index (κ1) is 19.4. The number of hydrogen-bond acceptors (Lipinski definition) is 1. The van der Waals surface area contributed by atoms with Crippen molar-refractivity contribution in [3.05, 3.63) is 128 Å². The van der Waals surface area contributed by atoms with Gasteiger partial charge in [-0.2, -0.15) is 0 Å². The van der Waals surface area contributed by atoms with Crippen LogP contribution in [-0.2, 0) is 0 Å². The number of hydrogen-bond donors (Lipinski definition) is 0. The minimum Gasteiger partial charge on any atom is -0.316 e. The van der Waals surface area contributed by atoms with Crippen LogP contribution in [0.2, 0.25) is 0 Å². The van der Waals surface area contributed by atoms with Gasteiger partial charge in [-0.1, -0.05) is 72.8 Å². The lowest BCUT2D eigenvalue weighted by molar-refractivity contribution is 1.10. The lowest BCUT2D eigenvalue weighted by Gasteiger charge is -2.11. The van der Waals surface area contributed by atoms with Crippen molar-refractivity contribution < 1.29 is 0 Å². The van der Waals surface area contributed by atoms with Crippen LogP contribution in [0.5, 0.6) is 0 Å². The quantitative estimate of drug-likeness (QED) is 0.254. The molecule has 0 spiro atoms. The van der Waals surface area contributed by atoms with E-state index in [-0.39, 0.29) is 0 Å². The van der Waals surface area contributed by atoms with Gasteiger partial charge in [0.05, 0.1) is 22.1 Å². The molecule has 0 N–H and O–H groups in total. The van der Waals surface area contributed by atoms with E-state index in [0.717, 1.165) is 27.9 Å². The van der Waals surface area contributed by atoms with E-state index >= 15 is 0 Å². The molecule has 0 bridgehead atoms. The maximum Gasteiger partial charge on any atom is 0.138 e. The van der Waals surface area contributed by atoms with Crippen molar-refractivity contribution in [3.63, 3.8) is 0 Å². The van der Waals surface area contributed by atoms with Gasteiger partial charge in [-0.15, -0.1) is 0 Å². The molecule has 0 aliphatic carbocycles. The van der Waals surface area contributed by atoms with Gasteiger partial charge in [0.2, 0.25) is 0 Å². The number of benzene rings is 5. The molecular formula is C33H21N3. The second-order valence-electron chi connectivity index (χ2n) is 9.30. The summed E-state index contributed by atoms with van der Waals surface area (Å²) < 4.78 is 4.63. The molecule has 0 amide bonds. The van der Waals surface area contributed by atoms with Gasteiger partial charge < -0.3 is 4.57 Å². The summed E-state index contributed by atoms with van der Waals surface area (Å²) >= 11 is 0. The lowest BCUT2D eigenvalue weighted by Crippen LogP contribution is -1.97. The molecular weight excluding hydrogens is 438 g/mol. The molecule has 0 unspecified atom stereocenters. The summed E-state index contributed by atoms with van der Waals surface area (Å²) in [5.74, 6) is 0.935. The summed E-state index contributed by atoms with van der Waals surface area (Å²) in [5.41, 5.74) is 5.73. The van der Waals surface area contributed by atoms with Crippen molar-refractivity contribution in [2.45, 2.75) is 0 Å².